The third kappa shape index (κ3) is 3.24. The van der Waals surface area contributed by atoms with Gasteiger partial charge in [-0.05, 0) is 24.3 Å². The summed E-state index contributed by atoms with van der Waals surface area (Å²) < 4.78 is 4.99. The highest BCUT2D eigenvalue weighted by Gasteiger charge is 2.14. The van der Waals surface area contributed by atoms with Gasteiger partial charge in [-0.1, -0.05) is 12.1 Å². The molecule has 1 aromatic heterocycles. The van der Waals surface area contributed by atoms with E-state index in [1.807, 2.05) is 0 Å². The van der Waals surface area contributed by atoms with Crippen molar-refractivity contribution >= 4 is 17.5 Å². The quantitative estimate of drug-likeness (QED) is 0.765. The average Bonchev–Trinajstić information content (AvgIpc) is 2.99. The van der Waals surface area contributed by atoms with Gasteiger partial charge in [0, 0.05) is 6.54 Å². The van der Waals surface area contributed by atoms with Crippen LogP contribution in [0.4, 0.5) is 5.69 Å². The number of para-hydroxylation sites is 1. The lowest BCUT2D eigenvalue weighted by atomic mass is 10.1. The van der Waals surface area contributed by atoms with Gasteiger partial charge in [-0.2, -0.15) is 0 Å². The van der Waals surface area contributed by atoms with Gasteiger partial charge in [-0.25, -0.2) is 0 Å². The van der Waals surface area contributed by atoms with Crippen LogP contribution in [0.3, 0.4) is 0 Å². The maximum absolute atomic E-state index is 11.9. The van der Waals surface area contributed by atoms with Crippen molar-refractivity contribution in [3.8, 4) is 0 Å². The highest BCUT2D eigenvalue weighted by atomic mass is 16.3. The van der Waals surface area contributed by atoms with Crippen LogP contribution < -0.4 is 10.6 Å². The van der Waals surface area contributed by atoms with Crippen molar-refractivity contribution < 1.29 is 19.1 Å². The van der Waals surface area contributed by atoms with Crippen LogP contribution in [0.15, 0.2) is 47.1 Å². The summed E-state index contributed by atoms with van der Waals surface area (Å²) in [5.74, 6) is -0.637. The molecular weight excluding hydrogens is 260 g/mol. The molecular formula is C14H14N2O4. The molecule has 0 bridgehead atoms. The molecule has 6 nitrogen and oxygen atoms in total. The van der Waals surface area contributed by atoms with Crippen LogP contribution in [0.1, 0.15) is 20.9 Å². The second-order valence-electron chi connectivity index (χ2n) is 3.96. The molecule has 2 aromatic rings. The number of amides is 2. The van der Waals surface area contributed by atoms with Gasteiger partial charge < -0.3 is 20.2 Å². The Balaban J connectivity index is 2.15. The molecule has 0 spiro atoms. The Morgan fingerprint density at radius 1 is 1.10 bits per heavy atom. The van der Waals surface area contributed by atoms with Crippen molar-refractivity contribution in [3.63, 3.8) is 0 Å². The predicted octanol–water partition coefficient (Wildman–Crippen LogP) is 1.25. The number of nitrogens with one attached hydrogen (secondary N) is 2. The van der Waals surface area contributed by atoms with Crippen molar-refractivity contribution in [1.29, 1.82) is 0 Å². The number of hydrogen-bond acceptors (Lipinski definition) is 4. The van der Waals surface area contributed by atoms with Gasteiger partial charge in [0.2, 0.25) is 0 Å². The summed E-state index contributed by atoms with van der Waals surface area (Å²) in [6.45, 7) is 0.00591. The van der Waals surface area contributed by atoms with E-state index in [2.05, 4.69) is 10.6 Å². The molecule has 0 aliphatic rings. The Labute approximate surface area is 115 Å². The monoisotopic (exact) mass is 274 g/mol. The summed E-state index contributed by atoms with van der Waals surface area (Å²) in [5.41, 5.74) is 0.699. The highest BCUT2D eigenvalue weighted by molar-refractivity contribution is 6.07. The van der Waals surface area contributed by atoms with Crippen molar-refractivity contribution in [2.75, 3.05) is 18.5 Å². The largest absolute Gasteiger partial charge is 0.459 e. The smallest absolute Gasteiger partial charge is 0.291 e. The zero-order valence-electron chi connectivity index (χ0n) is 10.6. The minimum Gasteiger partial charge on any atom is -0.459 e. The number of furan rings is 1. The summed E-state index contributed by atoms with van der Waals surface area (Å²) in [7, 11) is 0. The van der Waals surface area contributed by atoms with E-state index >= 15 is 0 Å². The molecule has 1 heterocycles. The first-order valence-electron chi connectivity index (χ1n) is 6.05. The van der Waals surface area contributed by atoms with Crippen molar-refractivity contribution in [1.82, 2.24) is 5.32 Å². The number of aliphatic hydroxyl groups is 1. The molecule has 0 unspecified atom stereocenters. The zero-order valence-corrected chi connectivity index (χ0v) is 10.6. The molecule has 1 aromatic carbocycles. The number of carbonyl (C=O) groups is 2. The molecule has 20 heavy (non-hydrogen) atoms. The Morgan fingerprint density at radius 2 is 1.90 bits per heavy atom. The number of carbonyl (C=O) groups excluding carboxylic acids is 2. The number of anilines is 1. The molecule has 0 aliphatic carbocycles. The fraction of sp³-hybridized carbons (Fsp3) is 0.143. The Hall–Kier alpha value is -2.60. The lowest BCUT2D eigenvalue weighted by Crippen LogP contribution is -2.27. The maximum atomic E-state index is 11.9. The van der Waals surface area contributed by atoms with Gasteiger partial charge >= 0.3 is 0 Å². The summed E-state index contributed by atoms with van der Waals surface area (Å²) in [5, 5.41) is 13.9. The van der Waals surface area contributed by atoms with Crippen LogP contribution in [0.5, 0.6) is 0 Å². The van der Waals surface area contributed by atoms with Crippen LogP contribution in [-0.2, 0) is 0 Å². The minimum atomic E-state index is -0.433. The lowest BCUT2D eigenvalue weighted by Gasteiger charge is -2.10. The van der Waals surface area contributed by atoms with Crippen LogP contribution in [0, 0.1) is 0 Å². The number of benzene rings is 1. The molecule has 104 valence electrons. The van der Waals surface area contributed by atoms with Crippen LogP contribution in [0.25, 0.3) is 0 Å². The summed E-state index contributed by atoms with van der Waals surface area (Å²) in [4.78, 5) is 23.8. The molecule has 2 rings (SSSR count). The molecule has 2 amide bonds. The molecule has 0 saturated carbocycles. The Kier molecular flexibility index (Phi) is 4.52. The summed E-state index contributed by atoms with van der Waals surface area (Å²) >= 11 is 0. The number of hydrogen-bond donors (Lipinski definition) is 3. The molecule has 0 atom stereocenters. The summed E-state index contributed by atoms with van der Waals surface area (Å²) in [6, 6.07) is 9.74. The van der Waals surface area contributed by atoms with Gasteiger partial charge in [-0.3, -0.25) is 9.59 Å². The Morgan fingerprint density at radius 3 is 2.60 bits per heavy atom. The standard InChI is InChI=1S/C14H14N2O4/c17-8-7-15-13(18)10-4-1-2-5-11(10)16-14(19)12-6-3-9-20-12/h1-6,9,17H,7-8H2,(H,15,18)(H,16,19). The second-order valence-corrected chi connectivity index (χ2v) is 3.96. The van der Waals surface area contributed by atoms with E-state index in [1.54, 1.807) is 30.3 Å². The zero-order chi connectivity index (χ0) is 14.4. The molecule has 0 fully saturated rings. The summed E-state index contributed by atoms with van der Waals surface area (Å²) in [6.07, 6.45) is 1.40. The SMILES string of the molecule is O=C(Nc1ccccc1C(=O)NCCO)c1ccco1. The Bertz CT molecular complexity index is 593. The predicted molar refractivity (Wildman–Crippen MR) is 72.5 cm³/mol. The minimum absolute atomic E-state index is 0.146. The van der Waals surface area contributed by atoms with Crippen molar-refractivity contribution in [3.05, 3.63) is 54.0 Å². The van der Waals surface area contributed by atoms with E-state index in [1.165, 1.54) is 12.3 Å². The molecule has 6 heteroatoms. The average molecular weight is 274 g/mol. The van der Waals surface area contributed by atoms with E-state index in [4.69, 9.17) is 9.52 Å². The van der Waals surface area contributed by atoms with E-state index in [0.717, 1.165) is 0 Å². The van der Waals surface area contributed by atoms with E-state index in [9.17, 15) is 9.59 Å². The van der Waals surface area contributed by atoms with Crippen molar-refractivity contribution in [2.24, 2.45) is 0 Å². The topological polar surface area (TPSA) is 91.6 Å². The van der Waals surface area contributed by atoms with E-state index < -0.39 is 5.91 Å². The third-order valence-electron chi connectivity index (χ3n) is 2.56. The fourth-order valence-electron chi connectivity index (χ4n) is 1.65. The maximum Gasteiger partial charge on any atom is 0.291 e. The third-order valence-corrected chi connectivity index (χ3v) is 2.56. The van der Waals surface area contributed by atoms with Crippen molar-refractivity contribution in [2.45, 2.75) is 0 Å². The first-order chi connectivity index (χ1) is 9.72. The van der Waals surface area contributed by atoms with E-state index in [-0.39, 0.29) is 24.8 Å². The number of rotatable bonds is 5. The van der Waals surface area contributed by atoms with Gasteiger partial charge in [0.25, 0.3) is 11.8 Å². The second kappa shape index (κ2) is 6.53. The van der Waals surface area contributed by atoms with Gasteiger partial charge in [0.1, 0.15) is 0 Å². The molecule has 0 saturated heterocycles. The van der Waals surface area contributed by atoms with Crippen LogP contribution in [0.2, 0.25) is 0 Å². The fourth-order valence-corrected chi connectivity index (χ4v) is 1.65. The van der Waals surface area contributed by atoms with Crippen LogP contribution >= 0.6 is 0 Å². The van der Waals surface area contributed by atoms with Gasteiger partial charge in [-0.15, -0.1) is 0 Å². The van der Waals surface area contributed by atoms with Gasteiger partial charge in [0.05, 0.1) is 24.1 Å². The van der Waals surface area contributed by atoms with Gasteiger partial charge in [0.15, 0.2) is 5.76 Å². The van der Waals surface area contributed by atoms with E-state index in [0.29, 0.717) is 11.3 Å². The highest BCUT2D eigenvalue weighted by Crippen LogP contribution is 2.16. The number of aliphatic hydroxyl groups excluding tert-OH is 1. The molecule has 0 aliphatic heterocycles. The first-order valence-corrected chi connectivity index (χ1v) is 6.05. The lowest BCUT2D eigenvalue weighted by molar-refractivity contribution is 0.0945. The molecule has 0 radical (unpaired) electrons. The van der Waals surface area contributed by atoms with Crippen LogP contribution in [-0.4, -0.2) is 30.1 Å². The normalized spacial score (nSPS) is 10.1. The first kappa shape index (κ1) is 13.8. The molecule has 3 N–H and O–H groups in total.